The van der Waals surface area contributed by atoms with Gasteiger partial charge in [0, 0.05) is 39.3 Å². The standard InChI is InChI=1S/C20H31FN2O2/c1-15(2)18-14-23(19(24)20(3,4)25-5)12-6-11-22(18)13-16-7-9-17(21)10-8-16/h7-10,15,18H,6,11-14H2,1-5H3/t18-/m1/s1. The molecule has 0 aliphatic carbocycles. The molecule has 5 heteroatoms. The van der Waals surface area contributed by atoms with Crippen LogP contribution in [-0.2, 0) is 16.1 Å². The van der Waals surface area contributed by atoms with Gasteiger partial charge in [-0.25, -0.2) is 4.39 Å². The van der Waals surface area contributed by atoms with E-state index in [1.54, 1.807) is 7.11 Å². The van der Waals surface area contributed by atoms with Crippen molar-refractivity contribution >= 4 is 5.91 Å². The summed E-state index contributed by atoms with van der Waals surface area (Å²) < 4.78 is 18.5. The summed E-state index contributed by atoms with van der Waals surface area (Å²) in [7, 11) is 1.58. The molecule has 1 aliphatic heterocycles. The van der Waals surface area contributed by atoms with Crippen molar-refractivity contribution < 1.29 is 13.9 Å². The average molecular weight is 350 g/mol. The highest BCUT2D eigenvalue weighted by molar-refractivity contribution is 5.84. The molecule has 0 spiro atoms. The number of rotatable bonds is 5. The van der Waals surface area contributed by atoms with Crippen LogP contribution in [0.5, 0.6) is 0 Å². The molecule has 1 fully saturated rings. The predicted molar refractivity (Wildman–Crippen MR) is 97.7 cm³/mol. The SMILES string of the molecule is COC(C)(C)C(=O)N1CCCN(Cc2ccc(F)cc2)[C@@H](C(C)C)C1. The van der Waals surface area contributed by atoms with Crippen LogP contribution in [0.3, 0.4) is 0 Å². The number of ether oxygens (including phenoxy) is 1. The Bertz CT molecular complexity index is 572. The summed E-state index contributed by atoms with van der Waals surface area (Å²) in [5.74, 6) is 0.252. The molecule has 1 aromatic rings. The smallest absolute Gasteiger partial charge is 0.254 e. The number of benzene rings is 1. The maximum absolute atomic E-state index is 13.2. The van der Waals surface area contributed by atoms with Gasteiger partial charge < -0.3 is 9.64 Å². The minimum atomic E-state index is -0.798. The minimum Gasteiger partial charge on any atom is -0.369 e. The summed E-state index contributed by atoms with van der Waals surface area (Å²) in [6.45, 7) is 11.2. The maximum Gasteiger partial charge on any atom is 0.254 e. The van der Waals surface area contributed by atoms with Gasteiger partial charge in [0.05, 0.1) is 0 Å². The second-order valence-corrected chi connectivity index (χ2v) is 7.73. The molecule has 1 aromatic carbocycles. The van der Waals surface area contributed by atoms with Gasteiger partial charge in [-0.15, -0.1) is 0 Å². The van der Waals surface area contributed by atoms with Crippen LogP contribution in [0, 0.1) is 11.7 Å². The summed E-state index contributed by atoms with van der Waals surface area (Å²) in [6, 6.07) is 6.97. The molecule has 0 saturated carbocycles. The third kappa shape index (κ3) is 5.02. The van der Waals surface area contributed by atoms with E-state index in [0.29, 0.717) is 12.5 Å². The van der Waals surface area contributed by atoms with Gasteiger partial charge in [-0.1, -0.05) is 26.0 Å². The minimum absolute atomic E-state index is 0.0456. The molecular weight excluding hydrogens is 319 g/mol. The number of amides is 1. The van der Waals surface area contributed by atoms with E-state index >= 15 is 0 Å². The zero-order chi connectivity index (χ0) is 18.6. The molecule has 1 heterocycles. The van der Waals surface area contributed by atoms with Gasteiger partial charge in [0.15, 0.2) is 0 Å². The lowest BCUT2D eigenvalue weighted by molar-refractivity contribution is -0.151. The zero-order valence-electron chi connectivity index (χ0n) is 16.1. The largest absolute Gasteiger partial charge is 0.369 e. The molecule has 1 atom stereocenters. The van der Waals surface area contributed by atoms with Crippen molar-refractivity contribution in [3.63, 3.8) is 0 Å². The highest BCUT2D eigenvalue weighted by atomic mass is 19.1. The highest BCUT2D eigenvalue weighted by Crippen LogP contribution is 2.22. The van der Waals surface area contributed by atoms with Crippen LogP contribution in [-0.4, -0.2) is 54.1 Å². The summed E-state index contributed by atoms with van der Waals surface area (Å²) in [4.78, 5) is 17.2. The number of carbonyl (C=O) groups excluding carboxylic acids is 1. The first-order valence-corrected chi connectivity index (χ1v) is 9.07. The Morgan fingerprint density at radius 2 is 1.92 bits per heavy atom. The van der Waals surface area contributed by atoms with E-state index in [0.717, 1.165) is 31.6 Å². The van der Waals surface area contributed by atoms with Crippen molar-refractivity contribution in [1.82, 2.24) is 9.80 Å². The van der Waals surface area contributed by atoms with Crippen molar-refractivity contribution in [3.8, 4) is 0 Å². The van der Waals surface area contributed by atoms with E-state index in [1.165, 1.54) is 12.1 Å². The third-order valence-corrected chi connectivity index (χ3v) is 5.13. The first-order chi connectivity index (χ1) is 11.7. The molecule has 1 saturated heterocycles. The van der Waals surface area contributed by atoms with Crippen molar-refractivity contribution in [2.24, 2.45) is 5.92 Å². The van der Waals surface area contributed by atoms with Crippen molar-refractivity contribution in [2.45, 2.75) is 52.3 Å². The molecule has 25 heavy (non-hydrogen) atoms. The second kappa shape index (κ2) is 8.28. The van der Waals surface area contributed by atoms with Gasteiger partial charge in [-0.2, -0.15) is 0 Å². The number of halogens is 1. The molecule has 0 unspecified atom stereocenters. The van der Waals surface area contributed by atoms with E-state index in [1.807, 2.05) is 30.9 Å². The summed E-state index contributed by atoms with van der Waals surface area (Å²) in [5, 5.41) is 0. The number of hydrogen-bond acceptors (Lipinski definition) is 3. The van der Waals surface area contributed by atoms with E-state index in [2.05, 4.69) is 18.7 Å². The Labute approximate surface area is 150 Å². The van der Waals surface area contributed by atoms with Gasteiger partial charge in [0.25, 0.3) is 5.91 Å². The van der Waals surface area contributed by atoms with E-state index < -0.39 is 5.60 Å². The van der Waals surface area contributed by atoms with Gasteiger partial charge >= 0.3 is 0 Å². The van der Waals surface area contributed by atoms with Crippen LogP contribution in [0.15, 0.2) is 24.3 Å². The van der Waals surface area contributed by atoms with Crippen LogP contribution in [0.4, 0.5) is 4.39 Å². The molecule has 1 amide bonds. The van der Waals surface area contributed by atoms with E-state index in [-0.39, 0.29) is 17.8 Å². The number of nitrogens with zero attached hydrogens (tertiary/aromatic N) is 2. The van der Waals surface area contributed by atoms with Crippen LogP contribution in [0.2, 0.25) is 0 Å². The van der Waals surface area contributed by atoms with Gasteiger partial charge in [-0.3, -0.25) is 9.69 Å². The number of hydrogen-bond donors (Lipinski definition) is 0. The lowest BCUT2D eigenvalue weighted by Crippen LogP contribution is -2.51. The molecule has 0 N–H and O–H groups in total. The lowest BCUT2D eigenvalue weighted by Gasteiger charge is -2.36. The van der Waals surface area contributed by atoms with Crippen LogP contribution in [0.1, 0.15) is 39.7 Å². The number of carbonyl (C=O) groups is 1. The van der Waals surface area contributed by atoms with Crippen molar-refractivity contribution in [2.75, 3.05) is 26.7 Å². The lowest BCUT2D eigenvalue weighted by atomic mass is 10.00. The summed E-state index contributed by atoms with van der Waals surface area (Å²) in [5.41, 5.74) is 0.303. The second-order valence-electron chi connectivity index (χ2n) is 7.73. The van der Waals surface area contributed by atoms with Crippen LogP contribution < -0.4 is 0 Å². The average Bonchev–Trinajstić information content (AvgIpc) is 2.79. The van der Waals surface area contributed by atoms with E-state index in [9.17, 15) is 9.18 Å². The first-order valence-electron chi connectivity index (χ1n) is 9.07. The molecule has 1 aliphatic rings. The fourth-order valence-corrected chi connectivity index (χ4v) is 3.37. The highest BCUT2D eigenvalue weighted by Gasteiger charge is 2.36. The first kappa shape index (κ1) is 19.9. The molecule has 0 radical (unpaired) electrons. The maximum atomic E-state index is 13.2. The fourth-order valence-electron chi connectivity index (χ4n) is 3.37. The van der Waals surface area contributed by atoms with Crippen LogP contribution in [0.25, 0.3) is 0 Å². The normalized spacial score (nSPS) is 20.0. The third-order valence-electron chi connectivity index (χ3n) is 5.13. The summed E-state index contributed by atoms with van der Waals surface area (Å²) >= 11 is 0. The Balaban J connectivity index is 2.15. The van der Waals surface area contributed by atoms with Crippen molar-refractivity contribution in [1.29, 1.82) is 0 Å². The molecule has 140 valence electrons. The van der Waals surface area contributed by atoms with E-state index in [4.69, 9.17) is 4.74 Å². The molecular formula is C20H31FN2O2. The molecule has 4 nitrogen and oxygen atoms in total. The van der Waals surface area contributed by atoms with Crippen LogP contribution >= 0.6 is 0 Å². The quantitative estimate of drug-likeness (QED) is 0.817. The monoisotopic (exact) mass is 350 g/mol. The zero-order valence-corrected chi connectivity index (χ0v) is 16.1. The Morgan fingerprint density at radius 3 is 2.48 bits per heavy atom. The molecule has 0 bridgehead atoms. The van der Waals surface area contributed by atoms with Gasteiger partial charge in [0.1, 0.15) is 11.4 Å². The number of methoxy groups -OCH3 is 1. The Morgan fingerprint density at radius 1 is 1.28 bits per heavy atom. The summed E-state index contributed by atoms with van der Waals surface area (Å²) in [6.07, 6.45) is 0.927. The Hall–Kier alpha value is -1.46. The topological polar surface area (TPSA) is 32.8 Å². The van der Waals surface area contributed by atoms with Gasteiger partial charge in [0.2, 0.25) is 0 Å². The fraction of sp³-hybridized carbons (Fsp3) is 0.650. The molecule has 0 aromatic heterocycles. The molecule has 2 rings (SSSR count). The predicted octanol–water partition coefficient (Wildman–Crippen LogP) is 3.31. The Kier molecular flexibility index (Phi) is 6.58. The van der Waals surface area contributed by atoms with Gasteiger partial charge in [-0.05, 0) is 43.9 Å². The van der Waals surface area contributed by atoms with Crippen molar-refractivity contribution in [3.05, 3.63) is 35.6 Å².